The van der Waals surface area contributed by atoms with Crippen LogP contribution in [0.1, 0.15) is 26.2 Å². The lowest BCUT2D eigenvalue weighted by Gasteiger charge is -2.29. The molecule has 0 spiro atoms. The molecule has 0 amide bonds. The van der Waals surface area contributed by atoms with Crippen LogP contribution < -0.4 is 5.73 Å². The summed E-state index contributed by atoms with van der Waals surface area (Å²) in [5, 5.41) is -0.846. The molecule has 0 saturated heterocycles. The Morgan fingerprint density at radius 2 is 2.09 bits per heavy atom. The third-order valence-corrected chi connectivity index (χ3v) is 4.33. The van der Waals surface area contributed by atoms with Crippen molar-refractivity contribution in [1.29, 1.82) is 0 Å². The first-order chi connectivity index (χ1) is 5.08. The SMILES string of the molecule is CCS(=O)(=O)C([NH])C1CCC1. The van der Waals surface area contributed by atoms with Gasteiger partial charge in [0, 0.05) is 5.75 Å². The van der Waals surface area contributed by atoms with E-state index in [9.17, 15) is 8.42 Å². The fraction of sp³-hybridized carbons (Fsp3) is 1.00. The second kappa shape index (κ2) is 3.11. The van der Waals surface area contributed by atoms with E-state index in [0.29, 0.717) is 0 Å². The van der Waals surface area contributed by atoms with E-state index in [4.69, 9.17) is 5.73 Å². The van der Waals surface area contributed by atoms with E-state index in [0.717, 1.165) is 19.3 Å². The highest BCUT2D eigenvalue weighted by molar-refractivity contribution is 7.91. The van der Waals surface area contributed by atoms with Crippen LogP contribution in [0.15, 0.2) is 0 Å². The van der Waals surface area contributed by atoms with E-state index in [1.54, 1.807) is 6.92 Å². The van der Waals surface area contributed by atoms with Gasteiger partial charge in [-0.1, -0.05) is 13.3 Å². The van der Waals surface area contributed by atoms with Gasteiger partial charge in [-0.05, 0) is 18.8 Å². The van der Waals surface area contributed by atoms with E-state index in [-0.39, 0.29) is 11.7 Å². The first kappa shape index (κ1) is 9.00. The Labute approximate surface area is 67.9 Å². The Balaban J connectivity index is 2.59. The molecule has 0 aromatic heterocycles. The third-order valence-electron chi connectivity index (χ3n) is 2.37. The van der Waals surface area contributed by atoms with Crippen molar-refractivity contribution in [2.24, 2.45) is 5.92 Å². The average molecular weight is 176 g/mol. The predicted molar refractivity (Wildman–Crippen MR) is 43.7 cm³/mol. The van der Waals surface area contributed by atoms with Crippen molar-refractivity contribution in [2.75, 3.05) is 5.75 Å². The minimum atomic E-state index is -3.09. The van der Waals surface area contributed by atoms with Crippen LogP contribution >= 0.6 is 0 Å². The van der Waals surface area contributed by atoms with Crippen molar-refractivity contribution in [3.63, 3.8) is 0 Å². The lowest BCUT2D eigenvalue weighted by molar-refractivity contribution is 0.297. The van der Waals surface area contributed by atoms with Crippen LogP contribution in [0.25, 0.3) is 0 Å². The smallest absolute Gasteiger partial charge is 0.167 e. The van der Waals surface area contributed by atoms with Gasteiger partial charge in [-0.2, -0.15) is 0 Å². The molecule has 1 N–H and O–H groups in total. The Morgan fingerprint density at radius 1 is 1.55 bits per heavy atom. The summed E-state index contributed by atoms with van der Waals surface area (Å²) >= 11 is 0. The molecule has 0 aromatic carbocycles. The van der Waals surface area contributed by atoms with Crippen LogP contribution in [0.4, 0.5) is 0 Å². The maximum Gasteiger partial charge on any atom is 0.167 e. The summed E-state index contributed by atoms with van der Waals surface area (Å²) < 4.78 is 22.3. The van der Waals surface area contributed by atoms with Gasteiger partial charge in [-0.3, -0.25) is 0 Å². The zero-order chi connectivity index (χ0) is 8.48. The van der Waals surface area contributed by atoms with E-state index in [1.165, 1.54) is 0 Å². The molecule has 1 radical (unpaired) electrons. The summed E-state index contributed by atoms with van der Waals surface area (Å²) in [6, 6.07) is 0. The number of hydrogen-bond acceptors (Lipinski definition) is 2. The highest BCUT2D eigenvalue weighted by atomic mass is 32.2. The van der Waals surface area contributed by atoms with Gasteiger partial charge in [0.25, 0.3) is 0 Å². The van der Waals surface area contributed by atoms with E-state index < -0.39 is 15.2 Å². The largest absolute Gasteiger partial charge is 0.238 e. The lowest BCUT2D eigenvalue weighted by Crippen LogP contribution is -2.36. The quantitative estimate of drug-likeness (QED) is 0.639. The molecule has 1 atom stereocenters. The third kappa shape index (κ3) is 1.73. The average Bonchev–Trinajstić information content (AvgIpc) is 1.84. The summed E-state index contributed by atoms with van der Waals surface area (Å²) in [5.41, 5.74) is 7.44. The van der Waals surface area contributed by atoms with Crippen molar-refractivity contribution < 1.29 is 8.42 Å². The summed E-state index contributed by atoms with van der Waals surface area (Å²) in [4.78, 5) is 0. The molecule has 0 aromatic rings. The number of sulfone groups is 1. The monoisotopic (exact) mass is 176 g/mol. The zero-order valence-electron chi connectivity index (χ0n) is 6.71. The standard InChI is InChI=1S/C7H14NO2S/c1-2-11(9,10)7(8)6-4-3-5-6/h6-8H,2-5H2,1H3. The molecule has 1 rings (SSSR count). The van der Waals surface area contributed by atoms with Crippen molar-refractivity contribution in [2.45, 2.75) is 31.6 Å². The molecule has 0 aliphatic heterocycles. The second-order valence-corrected chi connectivity index (χ2v) is 5.47. The summed E-state index contributed by atoms with van der Waals surface area (Å²) in [5.74, 6) is 0.234. The van der Waals surface area contributed by atoms with Crippen molar-refractivity contribution in [1.82, 2.24) is 5.73 Å². The Kier molecular flexibility index (Phi) is 2.54. The summed E-state index contributed by atoms with van der Waals surface area (Å²) in [6.45, 7) is 1.61. The van der Waals surface area contributed by atoms with Gasteiger partial charge < -0.3 is 0 Å². The molecule has 65 valence electrons. The molecule has 4 heteroatoms. The normalized spacial score (nSPS) is 22.7. The van der Waals surface area contributed by atoms with Crippen LogP contribution in [0.2, 0.25) is 0 Å². The van der Waals surface area contributed by atoms with E-state index in [1.807, 2.05) is 0 Å². The number of nitrogens with one attached hydrogen (secondary N) is 1. The fourth-order valence-electron chi connectivity index (χ4n) is 1.22. The minimum Gasteiger partial charge on any atom is -0.238 e. The lowest BCUT2D eigenvalue weighted by atomic mass is 9.85. The molecular formula is C7H14NO2S. The minimum absolute atomic E-state index is 0.109. The highest BCUT2D eigenvalue weighted by Gasteiger charge is 2.32. The molecule has 0 heterocycles. The van der Waals surface area contributed by atoms with Crippen LogP contribution in [0.5, 0.6) is 0 Å². The Bertz CT molecular complexity index is 219. The van der Waals surface area contributed by atoms with Crippen molar-refractivity contribution >= 4 is 9.84 Å². The zero-order valence-corrected chi connectivity index (χ0v) is 7.52. The molecule has 3 nitrogen and oxygen atoms in total. The molecule has 11 heavy (non-hydrogen) atoms. The van der Waals surface area contributed by atoms with E-state index in [2.05, 4.69) is 0 Å². The first-order valence-corrected chi connectivity index (χ1v) is 5.72. The van der Waals surface area contributed by atoms with Gasteiger partial charge in [0.2, 0.25) is 0 Å². The molecule has 1 saturated carbocycles. The first-order valence-electron chi connectivity index (χ1n) is 4.00. The van der Waals surface area contributed by atoms with Gasteiger partial charge in [-0.15, -0.1) is 0 Å². The van der Waals surface area contributed by atoms with Gasteiger partial charge in [0.15, 0.2) is 9.84 Å². The van der Waals surface area contributed by atoms with Crippen molar-refractivity contribution in [3.8, 4) is 0 Å². The Hall–Kier alpha value is -0.0900. The summed E-state index contributed by atoms with van der Waals surface area (Å²) in [6.07, 6.45) is 2.94. The van der Waals surface area contributed by atoms with Gasteiger partial charge in [-0.25, -0.2) is 14.2 Å². The van der Waals surface area contributed by atoms with Gasteiger partial charge in [0.05, 0.1) is 0 Å². The molecule has 1 aliphatic carbocycles. The molecule has 1 fully saturated rings. The number of rotatable bonds is 3. The highest BCUT2D eigenvalue weighted by Crippen LogP contribution is 2.31. The van der Waals surface area contributed by atoms with Gasteiger partial charge in [0.1, 0.15) is 5.37 Å². The van der Waals surface area contributed by atoms with E-state index >= 15 is 0 Å². The van der Waals surface area contributed by atoms with Crippen LogP contribution in [0.3, 0.4) is 0 Å². The molecular weight excluding hydrogens is 162 g/mol. The molecule has 1 unspecified atom stereocenters. The predicted octanol–water partition coefficient (Wildman–Crippen LogP) is 0.830. The van der Waals surface area contributed by atoms with Crippen LogP contribution in [0, 0.1) is 5.92 Å². The van der Waals surface area contributed by atoms with Crippen molar-refractivity contribution in [3.05, 3.63) is 0 Å². The maximum atomic E-state index is 11.1. The maximum absolute atomic E-state index is 11.1. The molecule has 0 bridgehead atoms. The second-order valence-electron chi connectivity index (χ2n) is 3.06. The van der Waals surface area contributed by atoms with Gasteiger partial charge >= 0.3 is 0 Å². The summed E-state index contributed by atoms with van der Waals surface area (Å²) in [7, 11) is -3.09. The van der Waals surface area contributed by atoms with Crippen LogP contribution in [-0.4, -0.2) is 19.5 Å². The van der Waals surface area contributed by atoms with Crippen LogP contribution in [-0.2, 0) is 9.84 Å². The fourth-order valence-corrected chi connectivity index (χ4v) is 2.43. The Morgan fingerprint density at radius 3 is 2.36 bits per heavy atom. The number of hydrogen-bond donors (Lipinski definition) is 0. The topological polar surface area (TPSA) is 57.9 Å². The molecule has 1 aliphatic rings.